The van der Waals surface area contributed by atoms with Crippen LogP contribution < -0.4 is 10.2 Å². The van der Waals surface area contributed by atoms with E-state index in [4.69, 9.17) is 8.83 Å². The van der Waals surface area contributed by atoms with Crippen LogP contribution in [-0.2, 0) is 6.18 Å². The summed E-state index contributed by atoms with van der Waals surface area (Å²) in [4.78, 5) is 6.79. The SMILES string of the molecule is Cc1oc(C(F)(F)F)cc1-c1nc2n[nH]c(-c3ccco3)c2c(-c2ccc(N3CCNCC3)cc2)c1C#N.Cl. The molecule has 1 aliphatic rings. The Hall–Kier alpha value is -4.27. The summed E-state index contributed by atoms with van der Waals surface area (Å²) in [6.07, 6.45) is -3.16. The number of piperazine rings is 1. The zero-order chi connectivity index (χ0) is 26.4. The molecule has 0 radical (unpaired) electrons. The van der Waals surface area contributed by atoms with Gasteiger partial charge in [0, 0.05) is 43.0 Å². The molecule has 1 aromatic carbocycles. The molecule has 200 valence electrons. The van der Waals surface area contributed by atoms with Crippen molar-refractivity contribution in [3.05, 3.63) is 65.8 Å². The predicted molar refractivity (Wildman–Crippen MR) is 142 cm³/mol. The topological polar surface area (TPSA) is 107 Å². The Kier molecular flexibility index (Phi) is 6.84. The number of nitriles is 1. The number of nitrogens with one attached hydrogen (secondary N) is 2. The summed E-state index contributed by atoms with van der Waals surface area (Å²) in [6, 6.07) is 14.3. The molecule has 8 nitrogen and oxygen atoms in total. The largest absolute Gasteiger partial charge is 0.463 e. The van der Waals surface area contributed by atoms with Crippen molar-refractivity contribution in [1.29, 1.82) is 5.26 Å². The van der Waals surface area contributed by atoms with E-state index in [1.807, 2.05) is 24.3 Å². The average Bonchev–Trinajstić information content (AvgIpc) is 3.67. The molecule has 0 aliphatic carbocycles. The predicted octanol–water partition coefficient (Wildman–Crippen LogP) is 6.18. The highest BCUT2D eigenvalue weighted by atomic mass is 35.5. The summed E-state index contributed by atoms with van der Waals surface area (Å²) < 4.78 is 50.8. The van der Waals surface area contributed by atoms with E-state index in [1.54, 1.807) is 12.1 Å². The van der Waals surface area contributed by atoms with Crippen LogP contribution >= 0.6 is 12.4 Å². The number of aromatic amines is 1. The Bertz CT molecular complexity index is 1660. The minimum Gasteiger partial charge on any atom is -0.463 e. The molecule has 0 amide bonds. The molecule has 0 unspecified atom stereocenters. The average molecular weight is 555 g/mol. The van der Waals surface area contributed by atoms with E-state index in [9.17, 15) is 18.4 Å². The molecular formula is C27H22ClF3N6O2. The molecule has 12 heteroatoms. The van der Waals surface area contributed by atoms with Crippen LogP contribution in [-0.4, -0.2) is 41.4 Å². The Morgan fingerprint density at radius 1 is 1.10 bits per heavy atom. The van der Waals surface area contributed by atoms with Gasteiger partial charge in [-0.1, -0.05) is 12.1 Å². The highest BCUT2D eigenvalue weighted by Gasteiger charge is 2.37. The molecular weight excluding hydrogens is 533 g/mol. The molecule has 1 saturated heterocycles. The van der Waals surface area contributed by atoms with Gasteiger partial charge >= 0.3 is 6.18 Å². The summed E-state index contributed by atoms with van der Waals surface area (Å²) in [5.41, 5.74) is 3.24. The zero-order valence-corrected chi connectivity index (χ0v) is 21.4. The van der Waals surface area contributed by atoms with Crippen LogP contribution in [0.15, 0.2) is 57.6 Å². The van der Waals surface area contributed by atoms with Gasteiger partial charge in [-0.15, -0.1) is 12.4 Å². The number of aryl methyl sites for hydroxylation is 1. The van der Waals surface area contributed by atoms with E-state index in [0.717, 1.165) is 37.9 Å². The normalized spacial score (nSPS) is 13.9. The van der Waals surface area contributed by atoms with Gasteiger partial charge in [0.05, 0.1) is 22.9 Å². The highest BCUT2D eigenvalue weighted by molar-refractivity contribution is 6.06. The van der Waals surface area contributed by atoms with Crippen LogP contribution in [0.25, 0.3) is 44.9 Å². The molecule has 2 N–H and O–H groups in total. The Morgan fingerprint density at radius 3 is 2.46 bits per heavy atom. The summed E-state index contributed by atoms with van der Waals surface area (Å²) in [5, 5.41) is 21.5. The van der Waals surface area contributed by atoms with Crippen LogP contribution in [0.3, 0.4) is 0 Å². The van der Waals surface area contributed by atoms with E-state index in [2.05, 4.69) is 31.5 Å². The molecule has 0 spiro atoms. The minimum atomic E-state index is -4.68. The molecule has 5 aromatic rings. The monoisotopic (exact) mass is 554 g/mol. The number of furan rings is 2. The molecule has 1 fully saturated rings. The summed E-state index contributed by atoms with van der Waals surface area (Å²) in [7, 11) is 0. The van der Waals surface area contributed by atoms with Crippen molar-refractivity contribution in [2.45, 2.75) is 13.1 Å². The number of benzene rings is 1. The molecule has 0 bridgehead atoms. The third-order valence-corrected chi connectivity index (χ3v) is 6.67. The summed E-state index contributed by atoms with van der Waals surface area (Å²) in [5.74, 6) is -0.665. The third kappa shape index (κ3) is 4.62. The first kappa shape index (κ1) is 26.3. The maximum Gasteiger partial charge on any atom is 0.449 e. The molecule has 0 atom stereocenters. The first-order chi connectivity index (χ1) is 18.3. The number of fused-ring (bicyclic) bond motifs is 1. The lowest BCUT2D eigenvalue weighted by atomic mass is 9.92. The van der Waals surface area contributed by atoms with Gasteiger partial charge in [-0.3, -0.25) is 5.10 Å². The number of H-pyrrole nitrogens is 1. The lowest BCUT2D eigenvalue weighted by molar-refractivity contribution is -0.153. The number of aromatic nitrogens is 3. The van der Waals surface area contributed by atoms with E-state index < -0.39 is 11.9 Å². The summed E-state index contributed by atoms with van der Waals surface area (Å²) >= 11 is 0. The van der Waals surface area contributed by atoms with Gasteiger partial charge in [0.1, 0.15) is 17.5 Å². The number of nitrogens with zero attached hydrogens (tertiary/aromatic N) is 4. The lowest BCUT2D eigenvalue weighted by Gasteiger charge is -2.29. The number of anilines is 1. The molecule has 39 heavy (non-hydrogen) atoms. The Labute approximate surface area is 226 Å². The summed E-state index contributed by atoms with van der Waals surface area (Å²) in [6.45, 7) is 4.94. The first-order valence-corrected chi connectivity index (χ1v) is 12.0. The number of hydrogen-bond acceptors (Lipinski definition) is 7. The van der Waals surface area contributed by atoms with Gasteiger partial charge in [-0.2, -0.15) is 23.5 Å². The minimum absolute atomic E-state index is 0. The number of alkyl halides is 3. The number of halogens is 4. The fourth-order valence-corrected chi connectivity index (χ4v) is 4.87. The number of pyridine rings is 1. The zero-order valence-electron chi connectivity index (χ0n) is 20.6. The second-order valence-corrected chi connectivity index (χ2v) is 8.96. The molecule has 4 aromatic heterocycles. The number of rotatable bonds is 4. The third-order valence-electron chi connectivity index (χ3n) is 6.67. The van der Waals surface area contributed by atoms with Gasteiger partial charge < -0.3 is 19.1 Å². The maximum atomic E-state index is 13.4. The van der Waals surface area contributed by atoms with Crippen molar-refractivity contribution in [2.24, 2.45) is 0 Å². The second-order valence-electron chi connectivity index (χ2n) is 8.96. The van der Waals surface area contributed by atoms with Crippen LogP contribution in [0.2, 0.25) is 0 Å². The Morgan fingerprint density at radius 2 is 1.85 bits per heavy atom. The maximum absolute atomic E-state index is 13.4. The fourth-order valence-electron chi connectivity index (χ4n) is 4.87. The lowest BCUT2D eigenvalue weighted by Crippen LogP contribution is -2.43. The second kappa shape index (κ2) is 10.1. The molecule has 1 aliphatic heterocycles. The van der Waals surface area contributed by atoms with Crippen LogP contribution in [0.5, 0.6) is 0 Å². The molecule has 0 saturated carbocycles. The fraction of sp³-hybridized carbons (Fsp3) is 0.222. The van der Waals surface area contributed by atoms with Crippen LogP contribution in [0, 0.1) is 18.3 Å². The van der Waals surface area contributed by atoms with Crippen molar-refractivity contribution in [3.63, 3.8) is 0 Å². The highest BCUT2D eigenvalue weighted by Crippen LogP contribution is 2.43. The van der Waals surface area contributed by atoms with E-state index >= 15 is 0 Å². The van der Waals surface area contributed by atoms with E-state index in [0.29, 0.717) is 28.0 Å². The van der Waals surface area contributed by atoms with E-state index in [-0.39, 0.29) is 40.6 Å². The van der Waals surface area contributed by atoms with Crippen molar-refractivity contribution in [2.75, 3.05) is 31.1 Å². The van der Waals surface area contributed by atoms with Gasteiger partial charge in [0.15, 0.2) is 11.4 Å². The van der Waals surface area contributed by atoms with E-state index in [1.165, 1.54) is 13.2 Å². The standard InChI is InChI=1S/C27H21F3N6O2.ClH/c1-15-18(13-21(38-15)27(28,29)30)24-19(14-31)22(16-4-6-17(7-5-16)36-10-8-32-9-11-36)23-25(20-3-2-12-37-20)34-35-26(23)33-24;/h2-7,12-13,32H,8-11H2,1H3,(H,33,34,35);1H. The van der Waals surface area contributed by atoms with Gasteiger partial charge in [-0.25, -0.2) is 4.98 Å². The van der Waals surface area contributed by atoms with Crippen molar-refractivity contribution in [1.82, 2.24) is 20.5 Å². The van der Waals surface area contributed by atoms with Gasteiger partial charge in [0.25, 0.3) is 0 Å². The first-order valence-electron chi connectivity index (χ1n) is 12.0. The molecule has 6 rings (SSSR count). The van der Waals surface area contributed by atoms with Crippen LogP contribution in [0.1, 0.15) is 17.1 Å². The molecule has 5 heterocycles. The van der Waals surface area contributed by atoms with Gasteiger partial charge in [0.2, 0.25) is 5.76 Å². The van der Waals surface area contributed by atoms with Crippen molar-refractivity contribution >= 4 is 29.1 Å². The van der Waals surface area contributed by atoms with Crippen molar-refractivity contribution in [3.8, 4) is 39.9 Å². The quantitative estimate of drug-likeness (QED) is 0.273. The smallest absolute Gasteiger partial charge is 0.449 e. The number of hydrogen-bond donors (Lipinski definition) is 2. The van der Waals surface area contributed by atoms with Crippen molar-refractivity contribution < 1.29 is 22.0 Å². The van der Waals surface area contributed by atoms with Crippen LogP contribution in [0.4, 0.5) is 18.9 Å². The van der Waals surface area contributed by atoms with Gasteiger partial charge in [-0.05, 0) is 42.8 Å². The Balaban J connectivity index is 0.00000308.